The SMILES string of the molecule is C=CCn1c(COc2ccc(C)cc2)nnc1SCC(=O)NCc1ccccc1. The highest BCUT2D eigenvalue weighted by atomic mass is 32.2. The summed E-state index contributed by atoms with van der Waals surface area (Å²) in [6.07, 6.45) is 1.78. The van der Waals surface area contributed by atoms with E-state index in [9.17, 15) is 4.79 Å². The molecule has 3 aromatic rings. The predicted octanol–water partition coefficient (Wildman–Crippen LogP) is 3.76. The second kappa shape index (κ2) is 10.5. The molecule has 0 aliphatic heterocycles. The first-order chi connectivity index (χ1) is 14.2. The number of nitrogens with one attached hydrogen (secondary N) is 1. The van der Waals surface area contributed by atoms with Crippen molar-refractivity contribution in [2.24, 2.45) is 0 Å². The molecular formula is C22H24N4O2S. The van der Waals surface area contributed by atoms with Crippen LogP contribution in [0, 0.1) is 6.92 Å². The maximum atomic E-state index is 12.2. The number of rotatable bonds is 10. The Morgan fingerprint density at radius 2 is 1.93 bits per heavy atom. The largest absolute Gasteiger partial charge is 0.486 e. The van der Waals surface area contributed by atoms with Gasteiger partial charge < -0.3 is 10.1 Å². The molecule has 3 rings (SSSR count). The lowest BCUT2D eigenvalue weighted by atomic mass is 10.2. The van der Waals surface area contributed by atoms with E-state index >= 15 is 0 Å². The Morgan fingerprint density at radius 1 is 1.17 bits per heavy atom. The zero-order valence-electron chi connectivity index (χ0n) is 16.4. The minimum atomic E-state index is -0.0514. The van der Waals surface area contributed by atoms with Crippen LogP contribution in [0.5, 0.6) is 5.75 Å². The molecular weight excluding hydrogens is 384 g/mol. The van der Waals surface area contributed by atoms with Gasteiger partial charge in [0.1, 0.15) is 12.4 Å². The topological polar surface area (TPSA) is 69.0 Å². The number of allylic oxidation sites excluding steroid dienone is 1. The van der Waals surface area contributed by atoms with E-state index < -0.39 is 0 Å². The summed E-state index contributed by atoms with van der Waals surface area (Å²) in [6, 6.07) is 17.7. The van der Waals surface area contributed by atoms with Gasteiger partial charge >= 0.3 is 0 Å². The van der Waals surface area contributed by atoms with Crippen molar-refractivity contribution in [1.29, 1.82) is 0 Å². The first-order valence-corrected chi connectivity index (χ1v) is 10.3. The van der Waals surface area contributed by atoms with Crippen LogP contribution >= 0.6 is 11.8 Å². The lowest BCUT2D eigenvalue weighted by molar-refractivity contribution is -0.118. The first-order valence-electron chi connectivity index (χ1n) is 9.31. The van der Waals surface area contributed by atoms with Crippen molar-refractivity contribution in [3.63, 3.8) is 0 Å². The summed E-state index contributed by atoms with van der Waals surface area (Å²) in [4.78, 5) is 12.2. The molecule has 0 saturated carbocycles. The van der Waals surface area contributed by atoms with E-state index in [4.69, 9.17) is 4.74 Å². The Morgan fingerprint density at radius 3 is 2.66 bits per heavy atom. The van der Waals surface area contributed by atoms with Crippen molar-refractivity contribution in [3.8, 4) is 5.75 Å². The molecule has 6 nitrogen and oxygen atoms in total. The minimum absolute atomic E-state index is 0.0514. The number of carbonyl (C=O) groups is 1. The summed E-state index contributed by atoms with van der Waals surface area (Å²) in [5.74, 6) is 1.68. The van der Waals surface area contributed by atoms with Crippen LogP contribution in [-0.4, -0.2) is 26.4 Å². The van der Waals surface area contributed by atoms with Gasteiger partial charge in [-0.05, 0) is 24.6 Å². The number of nitrogens with zero attached hydrogens (tertiary/aromatic N) is 3. The lowest BCUT2D eigenvalue weighted by Crippen LogP contribution is -2.24. The van der Waals surface area contributed by atoms with Crippen LogP contribution in [0.2, 0.25) is 0 Å². The van der Waals surface area contributed by atoms with E-state index in [1.807, 2.05) is 66.1 Å². The molecule has 0 saturated heterocycles. The van der Waals surface area contributed by atoms with E-state index in [2.05, 4.69) is 22.1 Å². The standard InChI is InChI=1S/C22H24N4O2S/c1-3-13-26-20(15-28-19-11-9-17(2)10-12-19)24-25-22(26)29-16-21(27)23-14-18-7-5-4-6-8-18/h3-12H,1,13-16H2,2H3,(H,23,27). The monoisotopic (exact) mass is 408 g/mol. The number of carbonyl (C=O) groups excluding carboxylic acids is 1. The maximum Gasteiger partial charge on any atom is 0.230 e. The highest BCUT2D eigenvalue weighted by Crippen LogP contribution is 2.19. The normalized spacial score (nSPS) is 10.5. The zero-order chi connectivity index (χ0) is 20.5. The molecule has 0 bridgehead atoms. The quantitative estimate of drug-likeness (QED) is 0.409. The lowest BCUT2D eigenvalue weighted by Gasteiger charge is -2.09. The number of benzene rings is 2. The molecule has 0 aliphatic carbocycles. The van der Waals surface area contributed by atoms with Gasteiger partial charge in [0.2, 0.25) is 5.91 Å². The van der Waals surface area contributed by atoms with Gasteiger partial charge in [-0.2, -0.15) is 0 Å². The molecule has 0 fully saturated rings. The second-order valence-electron chi connectivity index (χ2n) is 6.45. The third-order valence-electron chi connectivity index (χ3n) is 4.16. The summed E-state index contributed by atoms with van der Waals surface area (Å²) in [7, 11) is 0. The van der Waals surface area contributed by atoms with Crippen LogP contribution in [0.25, 0.3) is 0 Å². The van der Waals surface area contributed by atoms with Crippen molar-refractivity contribution in [2.45, 2.75) is 31.8 Å². The van der Waals surface area contributed by atoms with Gasteiger partial charge in [-0.1, -0.05) is 65.9 Å². The molecule has 1 amide bonds. The molecule has 1 N–H and O–H groups in total. The van der Waals surface area contributed by atoms with Crippen LogP contribution in [-0.2, 0) is 24.5 Å². The molecule has 0 spiro atoms. The van der Waals surface area contributed by atoms with Crippen LogP contribution in [0.15, 0.2) is 72.4 Å². The third kappa shape index (κ3) is 6.22. The number of ether oxygens (including phenoxy) is 1. The van der Waals surface area contributed by atoms with Crippen molar-refractivity contribution >= 4 is 17.7 Å². The van der Waals surface area contributed by atoms with E-state index in [0.717, 1.165) is 11.3 Å². The Bertz CT molecular complexity index is 939. The molecule has 150 valence electrons. The molecule has 7 heteroatoms. The highest BCUT2D eigenvalue weighted by Gasteiger charge is 2.14. The Hall–Kier alpha value is -3.06. The van der Waals surface area contributed by atoms with Gasteiger partial charge in [0.05, 0.1) is 5.75 Å². The van der Waals surface area contributed by atoms with Crippen molar-refractivity contribution in [3.05, 3.63) is 84.2 Å². The molecule has 1 aromatic heterocycles. The summed E-state index contributed by atoms with van der Waals surface area (Å²) < 4.78 is 7.73. The fourth-order valence-corrected chi connectivity index (χ4v) is 3.40. The number of amides is 1. The van der Waals surface area contributed by atoms with Crippen molar-refractivity contribution in [1.82, 2.24) is 20.1 Å². The second-order valence-corrected chi connectivity index (χ2v) is 7.39. The summed E-state index contributed by atoms with van der Waals surface area (Å²) in [5, 5.41) is 12.0. The Labute approximate surface area is 175 Å². The minimum Gasteiger partial charge on any atom is -0.486 e. The van der Waals surface area contributed by atoms with Crippen LogP contribution in [0.4, 0.5) is 0 Å². The van der Waals surface area contributed by atoms with Gasteiger partial charge in [0, 0.05) is 13.1 Å². The number of aryl methyl sites for hydroxylation is 1. The average Bonchev–Trinajstić information content (AvgIpc) is 3.13. The maximum absolute atomic E-state index is 12.2. The molecule has 0 atom stereocenters. The molecule has 2 aromatic carbocycles. The Kier molecular flexibility index (Phi) is 7.47. The molecule has 29 heavy (non-hydrogen) atoms. The van der Waals surface area contributed by atoms with Crippen LogP contribution in [0.3, 0.4) is 0 Å². The zero-order valence-corrected chi connectivity index (χ0v) is 17.2. The van der Waals surface area contributed by atoms with Gasteiger partial charge in [0.15, 0.2) is 11.0 Å². The van der Waals surface area contributed by atoms with E-state index in [-0.39, 0.29) is 11.7 Å². The number of hydrogen-bond donors (Lipinski definition) is 1. The van der Waals surface area contributed by atoms with E-state index in [1.165, 1.54) is 17.3 Å². The third-order valence-corrected chi connectivity index (χ3v) is 5.13. The van der Waals surface area contributed by atoms with E-state index in [1.54, 1.807) is 6.08 Å². The summed E-state index contributed by atoms with van der Waals surface area (Å²) >= 11 is 1.35. The first kappa shape index (κ1) is 20.7. The number of hydrogen-bond acceptors (Lipinski definition) is 5. The van der Waals surface area contributed by atoms with Gasteiger partial charge in [-0.25, -0.2) is 0 Å². The predicted molar refractivity (Wildman–Crippen MR) is 115 cm³/mol. The Balaban J connectivity index is 1.55. The fourth-order valence-electron chi connectivity index (χ4n) is 2.61. The van der Waals surface area contributed by atoms with Crippen molar-refractivity contribution < 1.29 is 9.53 Å². The van der Waals surface area contributed by atoms with Crippen LogP contribution < -0.4 is 10.1 Å². The number of thioether (sulfide) groups is 1. The summed E-state index contributed by atoms with van der Waals surface area (Å²) in [5.41, 5.74) is 2.24. The molecule has 1 heterocycles. The van der Waals surface area contributed by atoms with E-state index in [0.29, 0.717) is 30.7 Å². The fraction of sp³-hybridized carbons (Fsp3) is 0.227. The smallest absolute Gasteiger partial charge is 0.230 e. The van der Waals surface area contributed by atoms with Crippen LogP contribution in [0.1, 0.15) is 17.0 Å². The highest BCUT2D eigenvalue weighted by molar-refractivity contribution is 7.99. The number of aromatic nitrogens is 3. The molecule has 0 radical (unpaired) electrons. The van der Waals surface area contributed by atoms with Gasteiger partial charge in [-0.15, -0.1) is 16.8 Å². The average molecular weight is 409 g/mol. The molecule has 0 unspecified atom stereocenters. The van der Waals surface area contributed by atoms with Gasteiger partial charge in [-0.3, -0.25) is 9.36 Å². The van der Waals surface area contributed by atoms with Gasteiger partial charge in [0.25, 0.3) is 0 Å². The summed E-state index contributed by atoms with van der Waals surface area (Å²) in [6.45, 7) is 7.18. The molecule has 0 aliphatic rings. The van der Waals surface area contributed by atoms with Crippen molar-refractivity contribution in [2.75, 3.05) is 5.75 Å².